The number of aliphatic imine (C=N–C) groups is 1. The number of aryl methyl sites for hydroxylation is 1. The number of aromatic hydroxyl groups is 1. The number of carbonyl (C=O) groups excluding carboxylic acids is 1. The Morgan fingerprint density at radius 3 is 2.67 bits per heavy atom. The maximum absolute atomic E-state index is 12.4. The molecule has 1 amide bonds. The van der Waals surface area contributed by atoms with Crippen LogP contribution < -0.4 is 10.2 Å². The molecule has 0 saturated carbocycles. The molecule has 0 unspecified atom stereocenters. The van der Waals surface area contributed by atoms with Crippen LogP contribution in [0.5, 0.6) is 5.88 Å². The lowest BCUT2D eigenvalue weighted by molar-refractivity contribution is -0.116. The van der Waals surface area contributed by atoms with Crippen molar-refractivity contribution < 1.29 is 9.90 Å². The summed E-state index contributed by atoms with van der Waals surface area (Å²) in [6.45, 7) is 3.69. The van der Waals surface area contributed by atoms with Crippen LogP contribution in [0.4, 0.5) is 11.4 Å². The molecule has 0 fully saturated rings. The van der Waals surface area contributed by atoms with Gasteiger partial charge in [-0.25, -0.2) is 0 Å². The number of nitrogens with one attached hydrogen (secondary N) is 1. The van der Waals surface area contributed by atoms with Crippen LogP contribution in [0.25, 0.3) is 11.6 Å². The first-order valence-corrected chi connectivity index (χ1v) is 10.5. The molecule has 2 N–H and O–H groups in total. The summed E-state index contributed by atoms with van der Waals surface area (Å²) in [6, 6.07) is 15.2. The molecule has 2 aromatic carbocycles. The molecule has 1 aromatic heterocycles. The Bertz CT molecular complexity index is 1230. The highest BCUT2D eigenvalue weighted by molar-refractivity contribution is 7.10. The summed E-state index contributed by atoms with van der Waals surface area (Å²) >= 11 is 0.904. The van der Waals surface area contributed by atoms with Crippen molar-refractivity contribution in [2.24, 2.45) is 4.99 Å². The number of amides is 1. The third-order valence-electron chi connectivity index (χ3n) is 4.99. The average Bonchev–Trinajstić information content (AvgIpc) is 3.19. The molecular formula is C23H21N3O3S. The predicted molar refractivity (Wildman–Crippen MR) is 122 cm³/mol. The number of hydrogen-bond donors (Lipinski definition) is 2. The van der Waals surface area contributed by atoms with Gasteiger partial charge in [0.1, 0.15) is 6.54 Å². The van der Waals surface area contributed by atoms with Crippen LogP contribution in [0, 0.1) is 0 Å². The molecular weight excluding hydrogens is 398 g/mol. The highest BCUT2D eigenvalue weighted by atomic mass is 32.1. The summed E-state index contributed by atoms with van der Waals surface area (Å²) in [6.07, 6.45) is 2.67. The Hall–Kier alpha value is -3.45. The molecule has 1 aliphatic rings. The molecule has 0 aliphatic carbocycles. The molecule has 0 bridgehead atoms. The van der Waals surface area contributed by atoms with Gasteiger partial charge in [-0.15, -0.1) is 0 Å². The molecule has 3 aromatic rings. The van der Waals surface area contributed by atoms with Crippen molar-refractivity contribution in [3.05, 3.63) is 74.2 Å². The minimum Gasteiger partial charge on any atom is -0.493 e. The van der Waals surface area contributed by atoms with Gasteiger partial charge in [0, 0.05) is 22.5 Å². The maximum Gasteiger partial charge on any atom is 0.311 e. The highest BCUT2D eigenvalue weighted by Crippen LogP contribution is 2.37. The monoisotopic (exact) mass is 419 g/mol. The number of para-hydroxylation sites is 1. The van der Waals surface area contributed by atoms with Gasteiger partial charge in [0.05, 0.1) is 10.6 Å². The van der Waals surface area contributed by atoms with Gasteiger partial charge in [0.25, 0.3) is 0 Å². The highest BCUT2D eigenvalue weighted by Gasteiger charge is 2.20. The lowest BCUT2D eigenvalue weighted by Gasteiger charge is -2.07. The van der Waals surface area contributed by atoms with E-state index in [1.807, 2.05) is 55.5 Å². The number of benzene rings is 2. The van der Waals surface area contributed by atoms with Gasteiger partial charge >= 0.3 is 4.87 Å². The van der Waals surface area contributed by atoms with Crippen molar-refractivity contribution in [2.45, 2.75) is 26.8 Å². The topological polar surface area (TPSA) is 83.7 Å². The van der Waals surface area contributed by atoms with Crippen LogP contribution >= 0.6 is 11.3 Å². The van der Waals surface area contributed by atoms with Gasteiger partial charge < -0.3 is 10.4 Å². The molecule has 152 valence electrons. The summed E-state index contributed by atoms with van der Waals surface area (Å²) < 4.78 is 1.08. The number of aromatic nitrogens is 1. The van der Waals surface area contributed by atoms with Crippen LogP contribution in [0.15, 0.2) is 58.3 Å². The molecule has 2 heterocycles. The fourth-order valence-electron chi connectivity index (χ4n) is 3.36. The van der Waals surface area contributed by atoms with E-state index in [9.17, 15) is 14.7 Å². The van der Waals surface area contributed by atoms with E-state index in [0.29, 0.717) is 10.6 Å². The van der Waals surface area contributed by atoms with Gasteiger partial charge in [0.2, 0.25) is 11.8 Å². The minimum atomic E-state index is -0.392. The molecule has 4 rings (SSSR count). The van der Waals surface area contributed by atoms with E-state index in [4.69, 9.17) is 0 Å². The second-order valence-electron chi connectivity index (χ2n) is 7.01. The normalized spacial score (nSPS) is 13.9. The van der Waals surface area contributed by atoms with Gasteiger partial charge in [-0.2, -0.15) is 0 Å². The summed E-state index contributed by atoms with van der Waals surface area (Å²) in [5.74, 6) is -0.594. The number of rotatable bonds is 5. The van der Waals surface area contributed by atoms with E-state index < -0.39 is 4.87 Å². The van der Waals surface area contributed by atoms with E-state index >= 15 is 0 Å². The number of fused-ring (bicyclic) bond motifs is 1. The van der Waals surface area contributed by atoms with Gasteiger partial charge in [0.15, 0.2) is 0 Å². The Kier molecular flexibility index (Phi) is 5.37. The zero-order valence-electron chi connectivity index (χ0n) is 16.7. The van der Waals surface area contributed by atoms with Crippen LogP contribution in [0.1, 0.15) is 29.9 Å². The largest absolute Gasteiger partial charge is 0.493 e. The van der Waals surface area contributed by atoms with E-state index in [2.05, 4.69) is 17.2 Å². The van der Waals surface area contributed by atoms with E-state index in [1.165, 1.54) is 5.56 Å². The van der Waals surface area contributed by atoms with E-state index in [1.54, 1.807) is 6.08 Å². The molecule has 0 saturated heterocycles. The first kappa shape index (κ1) is 19.8. The number of thiazole rings is 1. The number of carbonyl (C=O) groups is 1. The summed E-state index contributed by atoms with van der Waals surface area (Å²) in [4.78, 5) is 29.3. The SMILES string of the molecule is CCc1ccc(NC(=O)Cn2c(O)c(C=C3C(C)=Nc4ccccc43)sc2=O)cc1. The molecule has 0 radical (unpaired) electrons. The number of hydrogen-bond acceptors (Lipinski definition) is 5. The number of allylic oxidation sites excluding steroid dienone is 1. The third kappa shape index (κ3) is 3.84. The maximum atomic E-state index is 12.4. The van der Waals surface area contributed by atoms with Crippen molar-refractivity contribution >= 4 is 46.0 Å². The predicted octanol–water partition coefficient (Wildman–Crippen LogP) is 4.46. The van der Waals surface area contributed by atoms with Crippen LogP contribution in [0.2, 0.25) is 0 Å². The van der Waals surface area contributed by atoms with Gasteiger partial charge in [-0.1, -0.05) is 48.6 Å². The Balaban J connectivity index is 1.56. The van der Waals surface area contributed by atoms with Crippen molar-refractivity contribution in [3.8, 4) is 5.88 Å². The third-order valence-corrected chi connectivity index (χ3v) is 5.90. The van der Waals surface area contributed by atoms with Crippen molar-refractivity contribution in [2.75, 3.05) is 5.32 Å². The average molecular weight is 420 g/mol. The second-order valence-corrected chi connectivity index (χ2v) is 8.01. The number of nitrogens with zero attached hydrogens (tertiary/aromatic N) is 2. The molecule has 6 nitrogen and oxygen atoms in total. The molecule has 0 spiro atoms. The lowest BCUT2D eigenvalue weighted by atomic mass is 10.0. The number of anilines is 1. The van der Waals surface area contributed by atoms with Gasteiger partial charge in [-0.05, 0) is 43.2 Å². The van der Waals surface area contributed by atoms with Crippen LogP contribution in [-0.4, -0.2) is 21.3 Å². The smallest absolute Gasteiger partial charge is 0.311 e. The second kappa shape index (κ2) is 8.12. The quantitative estimate of drug-likeness (QED) is 0.640. The van der Waals surface area contributed by atoms with Crippen LogP contribution in [-0.2, 0) is 17.8 Å². The summed E-state index contributed by atoms with van der Waals surface area (Å²) in [5, 5.41) is 13.4. The molecule has 30 heavy (non-hydrogen) atoms. The van der Waals surface area contributed by atoms with Crippen molar-refractivity contribution in [3.63, 3.8) is 0 Å². The molecule has 7 heteroatoms. The molecule has 0 atom stereocenters. The van der Waals surface area contributed by atoms with E-state index in [0.717, 1.165) is 44.9 Å². The fourth-order valence-corrected chi connectivity index (χ4v) is 4.19. The van der Waals surface area contributed by atoms with E-state index in [-0.39, 0.29) is 18.3 Å². The van der Waals surface area contributed by atoms with Crippen LogP contribution in [0.3, 0.4) is 0 Å². The Morgan fingerprint density at radius 2 is 1.93 bits per heavy atom. The standard InChI is InChI=1S/C23H21N3O3S/c1-3-15-8-10-16(11-9-15)25-21(27)13-26-22(28)20(30-23(26)29)12-18-14(2)24-19-7-5-4-6-17(18)19/h4-12,28H,3,13H2,1-2H3,(H,25,27). The van der Waals surface area contributed by atoms with Crippen molar-refractivity contribution in [1.82, 2.24) is 4.57 Å². The van der Waals surface area contributed by atoms with Crippen molar-refractivity contribution in [1.29, 1.82) is 0 Å². The minimum absolute atomic E-state index is 0.217. The fraction of sp³-hybridized carbons (Fsp3) is 0.174. The zero-order chi connectivity index (χ0) is 21.3. The van der Waals surface area contributed by atoms with Gasteiger partial charge in [-0.3, -0.25) is 19.1 Å². The first-order valence-electron chi connectivity index (χ1n) is 9.64. The molecule has 1 aliphatic heterocycles. The summed E-state index contributed by atoms with van der Waals surface area (Å²) in [5.41, 5.74) is 5.31. The summed E-state index contributed by atoms with van der Waals surface area (Å²) in [7, 11) is 0. The first-order chi connectivity index (χ1) is 14.5. The lowest BCUT2D eigenvalue weighted by Crippen LogP contribution is -2.24. The Morgan fingerprint density at radius 1 is 1.20 bits per heavy atom. The Labute approximate surface area is 177 Å². The zero-order valence-corrected chi connectivity index (χ0v) is 17.5.